The third-order valence-corrected chi connectivity index (χ3v) is 5.90. The lowest BCUT2D eigenvalue weighted by molar-refractivity contribution is -0.129. The molecule has 1 saturated heterocycles. The monoisotopic (exact) mass is 328 g/mol. The summed E-state index contributed by atoms with van der Waals surface area (Å²) in [5.41, 5.74) is 5.49. The summed E-state index contributed by atoms with van der Waals surface area (Å²) in [6.07, 6.45) is 3.58. The van der Waals surface area contributed by atoms with Crippen molar-refractivity contribution in [3.8, 4) is 0 Å². The van der Waals surface area contributed by atoms with Crippen molar-refractivity contribution in [1.82, 2.24) is 4.90 Å². The summed E-state index contributed by atoms with van der Waals surface area (Å²) < 4.78 is 0. The van der Waals surface area contributed by atoms with Crippen LogP contribution >= 0.6 is 0 Å². The van der Waals surface area contributed by atoms with Crippen LogP contribution in [-0.4, -0.2) is 28.6 Å². The molecule has 2 aromatic carbocycles. The minimum atomic E-state index is -0.446. The fourth-order valence-electron chi connectivity index (χ4n) is 4.66. The van der Waals surface area contributed by atoms with Crippen molar-refractivity contribution in [2.45, 2.75) is 31.3 Å². The summed E-state index contributed by atoms with van der Waals surface area (Å²) >= 11 is 0. The van der Waals surface area contributed by atoms with E-state index in [0.29, 0.717) is 6.42 Å². The van der Waals surface area contributed by atoms with Gasteiger partial charge in [0.25, 0.3) is 0 Å². The van der Waals surface area contributed by atoms with Gasteiger partial charge in [-0.1, -0.05) is 54.6 Å². The largest absolute Gasteiger partial charge is 0.332 e. The van der Waals surface area contributed by atoms with Gasteiger partial charge in [0, 0.05) is 6.54 Å². The Hall–Kier alpha value is -2.68. The summed E-state index contributed by atoms with van der Waals surface area (Å²) in [7, 11) is 0. The molecule has 0 aromatic heterocycles. The molecule has 3 aliphatic rings. The van der Waals surface area contributed by atoms with E-state index < -0.39 is 5.54 Å². The van der Waals surface area contributed by atoms with E-state index in [4.69, 9.17) is 4.99 Å². The summed E-state index contributed by atoms with van der Waals surface area (Å²) in [6.45, 7) is 2.93. The fourth-order valence-corrected chi connectivity index (χ4v) is 4.66. The highest BCUT2D eigenvalue weighted by Gasteiger charge is 2.56. The Morgan fingerprint density at radius 1 is 1.08 bits per heavy atom. The second-order valence-corrected chi connectivity index (χ2v) is 7.23. The molecule has 0 N–H and O–H groups in total. The average molecular weight is 328 g/mol. The number of hydrogen-bond donors (Lipinski definition) is 0. The molecule has 0 saturated carbocycles. The Labute approximate surface area is 147 Å². The van der Waals surface area contributed by atoms with Gasteiger partial charge in [-0.25, -0.2) is 0 Å². The van der Waals surface area contributed by atoms with Crippen molar-refractivity contribution in [3.63, 3.8) is 0 Å². The number of fused-ring (bicyclic) bond motifs is 4. The number of aliphatic imine (C=N–C) groups is 1. The van der Waals surface area contributed by atoms with Crippen LogP contribution in [0.5, 0.6) is 0 Å². The molecule has 3 heterocycles. The summed E-state index contributed by atoms with van der Waals surface area (Å²) in [5.74, 6) is 0.227. The molecule has 3 nitrogen and oxygen atoms in total. The third-order valence-electron chi connectivity index (χ3n) is 5.90. The van der Waals surface area contributed by atoms with Crippen LogP contribution in [0.3, 0.4) is 0 Å². The molecule has 2 atom stereocenters. The maximum atomic E-state index is 12.8. The van der Waals surface area contributed by atoms with Gasteiger partial charge in [0.2, 0.25) is 5.91 Å². The Kier molecular flexibility index (Phi) is 3.02. The minimum absolute atomic E-state index is 0.0300. The van der Waals surface area contributed by atoms with Crippen molar-refractivity contribution in [2.75, 3.05) is 6.54 Å². The lowest BCUT2D eigenvalue weighted by atomic mass is 9.78. The van der Waals surface area contributed by atoms with E-state index in [0.717, 1.165) is 24.2 Å². The second-order valence-electron chi connectivity index (χ2n) is 7.23. The number of carbonyl (C=O) groups excluding carboxylic acids is 1. The summed E-state index contributed by atoms with van der Waals surface area (Å²) in [5, 5.41) is 0. The van der Waals surface area contributed by atoms with Crippen LogP contribution in [0.2, 0.25) is 0 Å². The number of hydrogen-bond acceptors (Lipinski definition) is 2. The molecule has 5 rings (SSSR count). The highest BCUT2D eigenvalue weighted by Crippen LogP contribution is 2.52. The van der Waals surface area contributed by atoms with Crippen molar-refractivity contribution < 1.29 is 4.79 Å². The predicted molar refractivity (Wildman–Crippen MR) is 98.7 cm³/mol. The van der Waals surface area contributed by atoms with E-state index in [2.05, 4.69) is 54.3 Å². The van der Waals surface area contributed by atoms with E-state index in [-0.39, 0.29) is 11.9 Å². The van der Waals surface area contributed by atoms with E-state index in [1.54, 1.807) is 0 Å². The van der Waals surface area contributed by atoms with Crippen LogP contribution in [-0.2, 0) is 11.2 Å². The van der Waals surface area contributed by atoms with Crippen LogP contribution in [0.1, 0.15) is 36.1 Å². The van der Waals surface area contributed by atoms with E-state index in [9.17, 15) is 4.79 Å². The molecule has 0 bridgehead atoms. The molecule has 124 valence electrons. The molecule has 2 aromatic rings. The number of amides is 1. The molecular formula is C22H20N2O. The SMILES string of the molecule is CC1=CC(c2ccccc2)=N[C@]12CC(=O)N1CCc3ccccc3[C@@H]12. The minimum Gasteiger partial charge on any atom is -0.332 e. The number of benzene rings is 2. The smallest absolute Gasteiger partial charge is 0.226 e. The van der Waals surface area contributed by atoms with Gasteiger partial charge in [0.1, 0.15) is 5.54 Å². The molecular weight excluding hydrogens is 308 g/mol. The fraction of sp³-hybridized carbons (Fsp3) is 0.273. The van der Waals surface area contributed by atoms with Crippen molar-refractivity contribution >= 4 is 11.6 Å². The normalized spacial score (nSPS) is 27.2. The standard InChI is InChI=1S/C22H20N2O/c1-15-13-19(17-8-3-2-4-9-17)23-22(15)14-20(25)24-12-11-16-7-5-6-10-18(16)21(22)24/h2-10,13,21H,11-12,14H2,1H3/t21-,22-/m1/s1. The molecule has 3 heteroatoms. The third kappa shape index (κ3) is 1.98. The Morgan fingerprint density at radius 3 is 2.68 bits per heavy atom. The molecule has 3 aliphatic heterocycles. The van der Waals surface area contributed by atoms with Crippen LogP contribution < -0.4 is 0 Å². The van der Waals surface area contributed by atoms with Crippen LogP contribution in [0.25, 0.3) is 0 Å². The zero-order chi connectivity index (χ0) is 17.0. The molecule has 0 aliphatic carbocycles. The summed E-state index contributed by atoms with van der Waals surface area (Å²) in [4.78, 5) is 20.0. The molecule has 1 amide bonds. The lowest BCUT2D eigenvalue weighted by Crippen LogP contribution is -2.41. The van der Waals surface area contributed by atoms with Gasteiger partial charge in [0.15, 0.2) is 0 Å². The number of rotatable bonds is 1. The van der Waals surface area contributed by atoms with Gasteiger partial charge in [-0.05, 0) is 41.7 Å². The molecule has 0 radical (unpaired) electrons. The molecule has 25 heavy (non-hydrogen) atoms. The zero-order valence-corrected chi connectivity index (χ0v) is 14.3. The van der Waals surface area contributed by atoms with Gasteiger partial charge in [-0.2, -0.15) is 0 Å². The maximum absolute atomic E-state index is 12.8. The van der Waals surface area contributed by atoms with Crippen molar-refractivity contribution in [3.05, 3.63) is 82.9 Å². The quantitative estimate of drug-likeness (QED) is 0.785. The first-order valence-electron chi connectivity index (χ1n) is 8.90. The zero-order valence-electron chi connectivity index (χ0n) is 14.3. The van der Waals surface area contributed by atoms with Gasteiger partial charge in [-0.3, -0.25) is 9.79 Å². The van der Waals surface area contributed by atoms with Crippen LogP contribution in [0.4, 0.5) is 0 Å². The van der Waals surface area contributed by atoms with Crippen LogP contribution in [0.15, 0.2) is 71.2 Å². The van der Waals surface area contributed by atoms with Gasteiger partial charge < -0.3 is 4.90 Å². The number of carbonyl (C=O) groups is 1. The van der Waals surface area contributed by atoms with Gasteiger partial charge in [-0.15, -0.1) is 0 Å². The average Bonchev–Trinajstić information content (AvgIpc) is 3.13. The summed E-state index contributed by atoms with van der Waals surface area (Å²) in [6, 6.07) is 18.8. The van der Waals surface area contributed by atoms with Gasteiger partial charge >= 0.3 is 0 Å². The molecule has 1 spiro atoms. The van der Waals surface area contributed by atoms with E-state index in [1.807, 2.05) is 18.2 Å². The van der Waals surface area contributed by atoms with Crippen molar-refractivity contribution in [2.24, 2.45) is 4.99 Å². The van der Waals surface area contributed by atoms with Gasteiger partial charge in [0.05, 0.1) is 18.2 Å². The first kappa shape index (κ1) is 14.6. The second kappa shape index (κ2) is 5.16. The Balaban J connectivity index is 1.68. The lowest BCUT2D eigenvalue weighted by Gasteiger charge is -2.38. The first-order chi connectivity index (χ1) is 12.2. The first-order valence-corrected chi connectivity index (χ1v) is 8.90. The number of allylic oxidation sites excluding steroid dienone is 1. The van der Waals surface area contributed by atoms with E-state index in [1.165, 1.54) is 16.7 Å². The highest BCUT2D eigenvalue weighted by molar-refractivity contribution is 6.11. The van der Waals surface area contributed by atoms with Crippen molar-refractivity contribution in [1.29, 1.82) is 0 Å². The number of nitrogens with zero attached hydrogens (tertiary/aromatic N) is 2. The topological polar surface area (TPSA) is 32.7 Å². The molecule has 1 fully saturated rings. The maximum Gasteiger partial charge on any atom is 0.226 e. The highest BCUT2D eigenvalue weighted by atomic mass is 16.2. The van der Waals surface area contributed by atoms with E-state index >= 15 is 0 Å². The van der Waals surface area contributed by atoms with Crippen LogP contribution in [0, 0.1) is 0 Å². The Morgan fingerprint density at radius 2 is 1.84 bits per heavy atom. The Bertz CT molecular complexity index is 928. The molecule has 0 unspecified atom stereocenters. The predicted octanol–water partition coefficient (Wildman–Crippen LogP) is 3.70.